The SMILES string of the molecule is O=C(CCC[C@H]1CCc2ccccc2C1)C1C(=S)CN[C@@H]1C(=O)N1CCC[C@H]1CO. The van der Waals surface area contributed by atoms with E-state index in [1.165, 1.54) is 17.5 Å². The second-order valence-corrected chi connectivity index (χ2v) is 9.57. The smallest absolute Gasteiger partial charge is 0.241 e. The van der Waals surface area contributed by atoms with Crippen LogP contribution in [0, 0.1) is 11.8 Å². The first kappa shape index (κ1) is 21.6. The van der Waals surface area contributed by atoms with E-state index in [0.29, 0.717) is 30.3 Å². The molecule has 2 heterocycles. The molecule has 2 fully saturated rings. The van der Waals surface area contributed by atoms with Crippen LogP contribution in [0.15, 0.2) is 24.3 Å². The zero-order valence-corrected chi connectivity index (χ0v) is 18.3. The summed E-state index contributed by atoms with van der Waals surface area (Å²) in [5.74, 6) is 0.154. The highest BCUT2D eigenvalue weighted by atomic mass is 32.1. The molecule has 5 nitrogen and oxygen atoms in total. The number of aryl methyl sites for hydroxylation is 1. The number of nitrogens with one attached hydrogen (secondary N) is 1. The summed E-state index contributed by atoms with van der Waals surface area (Å²) in [6.07, 6.45) is 7.53. The zero-order chi connectivity index (χ0) is 21.1. The summed E-state index contributed by atoms with van der Waals surface area (Å²) < 4.78 is 0. The third-order valence-electron chi connectivity index (χ3n) is 7.14. The average molecular weight is 429 g/mol. The molecule has 6 heteroatoms. The van der Waals surface area contributed by atoms with Gasteiger partial charge < -0.3 is 15.3 Å². The highest BCUT2D eigenvalue weighted by molar-refractivity contribution is 7.80. The molecule has 1 amide bonds. The maximum atomic E-state index is 13.1. The Balaban J connectivity index is 1.31. The van der Waals surface area contributed by atoms with E-state index in [-0.39, 0.29) is 24.3 Å². The summed E-state index contributed by atoms with van der Waals surface area (Å²) in [7, 11) is 0. The highest BCUT2D eigenvalue weighted by Gasteiger charge is 2.44. The third-order valence-corrected chi connectivity index (χ3v) is 7.54. The Morgan fingerprint density at radius 2 is 2.00 bits per heavy atom. The summed E-state index contributed by atoms with van der Waals surface area (Å²) in [6.45, 7) is 1.07. The van der Waals surface area contributed by atoms with Crippen molar-refractivity contribution in [1.82, 2.24) is 10.2 Å². The van der Waals surface area contributed by atoms with E-state index in [9.17, 15) is 14.7 Å². The van der Waals surface area contributed by atoms with Gasteiger partial charge in [0.2, 0.25) is 5.91 Å². The topological polar surface area (TPSA) is 69.6 Å². The number of carbonyl (C=O) groups excluding carboxylic acids is 2. The Hall–Kier alpha value is -1.63. The molecule has 4 rings (SSSR count). The lowest BCUT2D eigenvalue weighted by Crippen LogP contribution is -2.50. The van der Waals surface area contributed by atoms with Gasteiger partial charge in [0.1, 0.15) is 11.8 Å². The number of hydrogen-bond donors (Lipinski definition) is 2. The standard InChI is InChI=1S/C24H32N2O3S/c27-15-19-8-4-12-26(19)24(29)23-22(21(30)14-25-23)20(28)9-3-5-16-10-11-17-6-1-2-7-18(17)13-16/h1-2,6-7,16,19,22-23,25,27H,3-5,8-15H2/t16-,19-,22?,23-/m0/s1. The molecule has 162 valence electrons. The zero-order valence-electron chi connectivity index (χ0n) is 17.5. The van der Waals surface area contributed by atoms with E-state index >= 15 is 0 Å². The summed E-state index contributed by atoms with van der Waals surface area (Å²) in [4.78, 5) is 28.5. The second-order valence-electron chi connectivity index (χ2n) is 9.05. The maximum Gasteiger partial charge on any atom is 0.241 e. The summed E-state index contributed by atoms with van der Waals surface area (Å²) >= 11 is 5.46. The minimum atomic E-state index is -0.557. The molecule has 1 unspecified atom stereocenters. The first-order valence-electron chi connectivity index (χ1n) is 11.4. The number of likely N-dealkylation sites (tertiary alicyclic amines) is 1. The van der Waals surface area contributed by atoms with Crippen molar-refractivity contribution < 1.29 is 14.7 Å². The Bertz CT molecular complexity index is 811. The van der Waals surface area contributed by atoms with Gasteiger partial charge in [-0.25, -0.2) is 0 Å². The molecule has 0 aromatic heterocycles. The quantitative estimate of drug-likeness (QED) is 0.653. The van der Waals surface area contributed by atoms with Gasteiger partial charge in [0.05, 0.1) is 18.6 Å². The van der Waals surface area contributed by atoms with Crippen LogP contribution in [0.4, 0.5) is 0 Å². The lowest BCUT2D eigenvalue weighted by atomic mass is 9.81. The first-order chi connectivity index (χ1) is 14.6. The molecule has 2 aliphatic heterocycles. The van der Waals surface area contributed by atoms with Crippen molar-refractivity contribution in [3.8, 4) is 0 Å². The predicted molar refractivity (Wildman–Crippen MR) is 121 cm³/mol. The Morgan fingerprint density at radius 3 is 2.80 bits per heavy atom. The molecule has 3 aliphatic rings. The number of hydrogen-bond acceptors (Lipinski definition) is 5. The number of nitrogens with zero attached hydrogens (tertiary/aromatic N) is 1. The fourth-order valence-corrected chi connectivity index (χ4v) is 5.80. The first-order valence-corrected chi connectivity index (χ1v) is 11.8. The van der Waals surface area contributed by atoms with Gasteiger partial charge in [-0.1, -0.05) is 36.5 Å². The van der Waals surface area contributed by atoms with Crippen molar-refractivity contribution in [2.75, 3.05) is 19.7 Å². The number of Topliss-reactive ketones (excluding diaryl/α,β-unsaturated/α-hetero) is 1. The van der Waals surface area contributed by atoms with E-state index in [1.54, 1.807) is 4.90 Å². The van der Waals surface area contributed by atoms with Crippen LogP contribution in [-0.4, -0.2) is 58.3 Å². The van der Waals surface area contributed by atoms with Crippen molar-refractivity contribution in [2.45, 2.75) is 63.5 Å². The van der Waals surface area contributed by atoms with Gasteiger partial charge in [0, 0.05) is 24.4 Å². The summed E-state index contributed by atoms with van der Waals surface area (Å²) in [6, 6.07) is 7.99. The fraction of sp³-hybridized carbons (Fsp3) is 0.625. The van der Waals surface area contributed by atoms with Gasteiger partial charge in [-0.15, -0.1) is 0 Å². The van der Waals surface area contributed by atoms with Crippen molar-refractivity contribution in [3.05, 3.63) is 35.4 Å². The van der Waals surface area contributed by atoms with Gasteiger partial charge in [-0.2, -0.15) is 0 Å². The number of carbonyl (C=O) groups is 2. The molecule has 1 aliphatic carbocycles. The van der Waals surface area contributed by atoms with Crippen molar-refractivity contribution >= 4 is 28.8 Å². The van der Waals surface area contributed by atoms with Crippen molar-refractivity contribution in [2.24, 2.45) is 11.8 Å². The van der Waals surface area contributed by atoms with E-state index in [2.05, 4.69) is 29.6 Å². The summed E-state index contributed by atoms with van der Waals surface area (Å²) in [5.41, 5.74) is 2.92. The molecule has 0 bridgehead atoms. The molecular formula is C24H32N2O3S. The Labute approximate surface area is 184 Å². The number of fused-ring (bicyclic) bond motifs is 1. The predicted octanol–water partition coefficient (Wildman–Crippen LogP) is 2.47. The lowest BCUT2D eigenvalue weighted by Gasteiger charge is -2.28. The number of aliphatic hydroxyl groups excluding tert-OH is 1. The van der Waals surface area contributed by atoms with Crippen LogP contribution in [0.2, 0.25) is 0 Å². The lowest BCUT2D eigenvalue weighted by molar-refractivity contribution is -0.137. The van der Waals surface area contributed by atoms with E-state index in [0.717, 1.165) is 38.5 Å². The molecule has 2 N–H and O–H groups in total. The fourth-order valence-electron chi connectivity index (χ4n) is 5.45. The van der Waals surface area contributed by atoms with Crippen molar-refractivity contribution in [1.29, 1.82) is 0 Å². The molecule has 1 aromatic rings. The summed E-state index contributed by atoms with van der Waals surface area (Å²) in [5, 5.41) is 12.7. The molecule has 0 radical (unpaired) electrons. The van der Waals surface area contributed by atoms with Crippen LogP contribution >= 0.6 is 12.2 Å². The molecule has 0 saturated carbocycles. The minimum Gasteiger partial charge on any atom is -0.394 e. The van der Waals surface area contributed by atoms with Crippen LogP contribution < -0.4 is 5.32 Å². The molecule has 4 atom stereocenters. The van der Waals surface area contributed by atoms with Crippen LogP contribution in [0.1, 0.15) is 49.7 Å². The maximum absolute atomic E-state index is 13.1. The normalized spacial score (nSPS) is 28.6. The Morgan fingerprint density at radius 1 is 1.20 bits per heavy atom. The molecule has 30 heavy (non-hydrogen) atoms. The average Bonchev–Trinajstić information content (AvgIpc) is 3.39. The third kappa shape index (κ3) is 4.51. The van der Waals surface area contributed by atoms with E-state index in [1.807, 2.05) is 0 Å². The molecule has 0 spiro atoms. The number of aliphatic hydroxyl groups is 1. The molecular weight excluding hydrogens is 396 g/mol. The monoisotopic (exact) mass is 428 g/mol. The van der Waals surface area contributed by atoms with Crippen LogP contribution in [0.25, 0.3) is 0 Å². The number of benzene rings is 1. The second kappa shape index (κ2) is 9.67. The number of rotatable bonds is 7. The van der Waals surface area contributed by atoms with Gasteiger partial charge in [-0.05, 0) is 62.0 Å². The van der Waals surface area contributed by atoms with Crippen LogP contribution in [-0.2, 0) is 22.4 Å². The van der Waals surface area contributed by atoms with Crippen LogP contribution in [0.3, 0.4) is 0 Å². The number of thiocarbonyl (C=S) groups is 1. The van der Waals surface area contributed by atoms with Crippen molar-refractivity contribution in [3.63, 3.8) is 0 Å². The highest BCUT2D eigenvalue weighted by Crippen LogP contribution is 2.30. The molecule has 2 saturated heterocycles. The van der Waals surface area contributed by atoms with E-state index < -0.39 is 12.0 Å². The van der Waals surface area contributed by atoms with Gasteiger partial charge >= 0.3 is 0 Å². The van der Waals surface area contributed by atoms with E-state index in [4.69, 9.17) is 12.2 Å². The van der Waals surface area contributed by atoms with Gasteiger partial charge in [-0.3, -0.25) is 9.59 Å². The molecule has 1 aromatic carbocycles. The number of amides is 1. The van der Waals surface area contributed by atoms with Gasteiger partial charge in [0.25, 0.3) is 0 Å². The Kier molecular flexibility index (Phi) is 6.96. The largest absolute Gasteiger partial charge is 0.394 e. The van der Waals surface area contributed by atoms with Gasteiger partial charge in [0.15, 0.2) is 0 Å². The number of ketones is 1. The minimum absolute atomic E-state index is 0.0218. The van der Waals surface area contributed by atoms with Crippen LogP contribution in [0.5, 0.6) is 0 Å².